The summed E-state index contributed by atoms with van der Waals surface area (Å²) in [5.74, 6) is 0.673. The second-order valence-electron chi connectivity index (χ2n) is 6.69. The van der Waals surface area contributed by atoms with Gasteiger partial charge in [-0.2, -0.15) is 0 Å². The maximum atomic E-state index is 12.2. The third kappa shape index (κ3) is 5.02. The number of carbonyl (C=O) groups is 1. The first-order valence-electron chi connectivity index (χ1n) is 9.23. The highest BCUT2D eigenvalue weighted by molar-refractivity contribution is 7.99. The van der Waals surface area contributed by atoms with Crippen molar-refractivity contribution in [1.82, 2.24) is 15.2 Å². The first kappa shape index (κ1) is 19.6. The Morgan fingerprint density at radius 3 is 2.86 bits per heavy atom. The molecule has 2 aromatic carbocycles. The van der Waals surface area contributed by atoms with Crippen LogP contribution in [0, 0.1) is 13.8 Å². The predicted molar refractivity (Wildman–Crippen MR) is 117 cm³/mol. The molecular weight excluding hydrogens is 404 g/mol. The van der Waals surface area contributed by atoms with E-state index in [0.29, 0.717) is 17.5 Å². The Bertz CT molecular complexity index is 1120. The largest absolute Gasteiger partial charge is 0.416 e. The van der Waals surface area contributed by atoms with Crippen LogP contribution < -0.4 is 5.32 Å². The second kappa shape index (κ2) is 8.75. The Labute approximate surface area is 176 Å². The number of para-hydroxylation sites is 1. The van der Waals surface area contributed by atoms with Crippen LogP contribution >= 0.6 is 23.1 Å². The van der Waals surface area contributed by atoms with Crippen LogP contribution in [0.5, 0.6) is 0 Å². The third-order valence-corrected chi connectivity index (χ3v) is 6.25. The highest BCUT2D eigenvalue weighted by atomic mass is 32.2. The van der Waals surface area contributed by atoms with E-state index in [1.165, 1.54) is 16.5 Å². The molecule has 2 heterocycles. The van der Waals surface area contributed by atoms with E-state index in [2.05, 4.69) is 26.6 Å². The van der Waals surface area contributed by atoms with Gasteiger partial charge in [0.25, 0.3) is 5.22 Å². The minimum atomic E-state index is -0.0991. The Morgan fingerprint density at radius 2 is 2.00 bits per heavy atom. The fraction of sp³-hybridized carbons (Fsp3) is 0.238. The smallest absolute Gasteiger partial charge is 0.277 e. The lowest BCUT2D eigenvalue weighted by Crippen LogP contribution is -2.14. The van der Waals surface area contributed by atoms with Crippen LogP contribution in [0.1, 0.15) is 22.0 Å². The molecule has 29 heavy (non-hydrogen) atoms. The van der Waals surface area contributed by atoms with Gasteiger partial charge in [0.05, 0.1) is 21.0 Å². The van der Waals surface area contributed by atoms with Crippen LogP contribution in [-0.2, 0) is 17.6 Å². The minimum absolute atomic E-state index is 0.0991. The molecule has 0 fully saturated rings. The molecule has 0 atom stereocenters. The first-order chi connectivity index (χ1) is 14.1. The quantitative estimate of drug-likeness (QED) is 0.429. The van der Waals surface area contributed by atoms with Gasteiger partial charge in [0, 0.05) is 18.5 Å². The summed E-state index contributed by atoms with van der Waals surface area (Å²) < 4.78 is 6.84. The Kier molecular flexibility index (Phi) is 5.92. The molecule has 0 aliphatic rings. The molecule has 0 saturated carbocycles. The number of anilines is 1. The minimum Gasteiger partial charge on any atom is -0.416 e. The molecular formula is C21H20N4O2S2. The molecule has 0 aliphatic carbocycles. The molecule has 0 spiro atoms. The van der Waals surface area contributed by atoms with Crippen molar-refractivity contribution in [2.75, 3.05) is 11.1 Å². The van der Waals surface area contributed by atoms with Crippen molar-refractivity contribution in [3.63, 3.8) is 0 Å². The summed E-state index contributed by atoms with van der Waals surface area (Å²) in [7, 11) is 0. The van der Waals surface area contributed by atoms with E-state index in [1.807, 2.05) is 50.2 Å². The van der Waals surface area contributed by atoms with Gasteiger partial charge >= 0.3 is 0 Å². The highest BCUT2D eigenvalue weighted by Crippen LogP contribution is 2.23. The summed E-state index contributed by atoms with van der Waals surface area (Å²) in [6.45, 7) is 3.97. The summed E-state index contributed by atoms with van der Waals surface area (Å²) in [4.78, 5) is 16.8. The Morgan fingerprint density at radius 1 is 1.14 bits per heavy atom. The molecule has 6 nitrogen and oxygen atoms in total. The van der Waals surface area contributed by atoms with E-state index in [9.17, 15) is 4.79 Å². The lowest BCUT2D eigenvalue weighted by molar-refractivity contribution is -0.113. The van der Waals surface area contributed by atoms with Gasteiger partial charge < -0.3 is 9.73 Å². The van der Waals surface area contributed by atoms with Crippen molar-refractivity contribution >= 4 is 44.9 Å². The monoisotopic (exact) mass is 424 g/mol. The molecule has 0 bridgehead atoms. The van der Waals surface area contributed by atoms with Crippen LogP contribution in [0.3, 0.4) is 0 Å². The number of rotatable bonds is 7. The van der Waals surface area contributed by atoms with Crippen molar-refractivity contribution < 1.29 is 9.21 Å². The van der Waals surface area contributed by atoms with Gasteiger partial charge in [0.2, 0.25) is 11.8 Å². The zero-order valence-electron chi connectivity index (χ0n) is 16.1. The van der Waals surface area contributed by atoms with E-state index >= 15 is 0 Å². The van der Waals surface area contributed by atoms with E-state index in [1.54, 1.807) is 11.3 Å². The van der Waals surface area contributed by atoms with Crippen molar-refractivity contribution in [2.45, 2.75) is 31.9 Å². The average Bonchev–Trinajstić information content (AvgIpc) is 3.34. The summed E-state index contributed by atoms with van der Waals surface area (Å²) >= 11 is 2.92. The van der Waals surface area contributed by atoms with Gasteiger partial charge in [0.1, 0.15) is 0 Å². The average molecular weight is 425 g/mol. The van der Waals surface area contributed by atoms with Crippen molar-refractivity contribution in [1.29, 1.82) is 0 Å². The number of fused-ring (bicyclic) bond motifs is 1. The molecule has 148 valence electrons. The summed E-state index contributed by atoms with van der Waals surface area (Å²) in [5, 5.41) is 12.5. The standard InChI is InChI=1S/C21H20N4O2S2/c1-13-7-8-14(2)16(11-13)22-18(26)12-28-21-25-24-19(27-21)9-10-20-23-15-5-3-4-6-17(15)29-20/h3-8,11H,9-10,12H2,1-2H3,(H,22,26). The molecule has 4 aromatic rings. The third-order valence-electron chi connectivity index (χ3n) is 4.33. The molecule has 8 heteroatoms. The molecule has 0 unspecified atom stereocenters. The lowest BCUT2D eigenvalue weighted by Gasteiger charge is -2.08. The zero-order valence-corrected chi connectivity index (χ0v) is 17.8. The summed E-state index contributed by atoms with van der Waals surface area (Å²) in [6.07, 6.45) is 1.38. The topological polar surface area (TPSA) is 80.9 Å². The lowest BCUT2D eigenvalue weighted by atomic mass is 10.1. The number of aromatic nitrogens is 3. The van der Waals surface area contributed by atoms with Gasteiger partial charge in [-0.05, 0) is 43.2 Å². The Balaban J connectivity index is 1.28. The zero-order chi connectivity index (χ0) is 20.2. The van der Waals surface area contributed by atoms with E-state index in [-0.39, 0.29) is 11.7 Å². The fourth-order valence-electron chi connectivity index (χ4n) is 2.82. The number of hydrogen-bond donors (Lipinski definition) is 1. The maximum Gasteiger partial charge on any atom is 0.277 e. The normalized spacial score (nSPS) is 11.1. The van der Waals surface area contributed by atoms with Crippen LogP contribution in [0.15, 0.2) is 52.1 Å². The van der Waals surface area contributed by atoms with Crippen molar-refractivity contribution in [3.8, 4) is 0 Å². The number of thioether (sulfide) groups is 1. The van der Waals surface area contributed by atoms with Crippen LogP contribution in [0.4, 0.5) is 5.69 Å². The van der Waals surface area contributed by atoms with Crippen molar-refractivity contribution in [2.24, 2.45) is 0 Å². The number of hydrogen-bond acceptors (Lipinski definition) is 7. The summed E-state index contributed by atoms with van der Waals surface area (Å²) in [5.41, 5.74) is 3.99. The van der Waals surface area contributed by atoms with E-state index in [4.69, 9.17) is 4.42 Å². The van der Waals surface area contributed by atoms with Gasteiger partial charge in [-0.1, -0.05) is 36.0 Å². The molecule has 2 aromatic heterocycles. The molecule has 0 radical (unpaired) electrons. The summed E-state index contributed by atoms with van der Waals surface area (Å²) in [6, 6.07) is 14.1. The second-order valence-corrected chi connectivity index (χ2v) is 8.73. The maximum absolute atomic E-state index is 12.2. The first-order valence-corrected chi connectivity index (χ1v) is 11.0. The number of nitrogens with one attached hydrogen (secondary N) is 1. The van der Waals surface area contributed by atoms with Crippen molar-refractivity contribution in [3.05, 3.63) is 64.5 Å². The molecule has 1 amide bonds. The number of nitrogens with zero attached hydrogens (tertiary/aromatic N) is 3. The van der Waals surface area contributed by atoms with E-state index < -0.39 is 0 Å². The van der Waals surface area contributed by atoms with Gasteiger partial charge in [-0.25, -0.2) is 4.98 Å². The SMILES string of the molecule is Cc1ccc(C)c(NC(=O)CSc2nnc(CCc3nc4ccccc4s3)o2)c1. The number of amides is 1. The molecule has 4 rings (SSSR count). The number of thiazole rings is 1. The van der Waals surface area contributed by atoms with Crippen LogP contribution in [0.25, 0.3) is 10.2 Å². The van der Waals surface area contributed by atoms with Crippen LogP contribution in [0.2, 0.25) is 0 Å². The van der Waals surface area contributed by atoms with Gasteiger partial charge in [-0.3, -0.25) is 4.79 Å². The van der Waals surface area contributed by atoms with Crippen LogP contribution in [-0.4, -0.2) is 26.8 Å². The molecule has 1 N–H and O–H groups in total. The van der Waals surface area contributed by atoms with E-state index in [0.717, 1.165) is 33.8 Å². The number of benzene rings is 2. The highest BCUT2D eigenvalue weighted by Gasteiger charge is 2.12. The van der Waals surface area contributed by atoms with Gasteiger partial charge in [0.15, 0.2) is 0 Å². The fourth-order valence-corrected chi connectivity index (χ4v) is 4.37. The number of carbonyl (C=O) groups excluding carboxylic acids is 1. The Hall–Kier alpha value is -2.71. The van der Waals surface area contributed by atoms with Gasteiger partial charge in [-0.15, -0.1) is 21.5 Å². The number of aryl methyl sites for hydroxylation is 4. The molecule has 0 saturated heterocycles. The molecule has 0 aliphatic heterocycles. The predicted octanol–water partition coefficient (Wildman–Crippen LogP) is 4.81.